The Bertz CT molecular complexity index is 887. The second-order valence-electron chi connectivity index (χ2n) is 5.65. The van der Waals surface area contributed by atoms with Crippen LogP contribution in [-0.4, -0.2) is 36.4 Å². The standard InChI is InChI=1S/C18H18N2O5/c1-3-11-7-10(8-15(21)19-11)18(23)20-13-9-25-17-12(16(13)22)5-4-6-14(17)24-2/h4-8,13H,3,9H2,1-2H3,(H,19,21)(H,20,23). The zero-order valence-corrected chi connectivity index (χ0v) is 13.9. The van der Waals surface area contributed by atoms with Crippen molar-refractivity contribution in [1.29, 1.82) is 0 Å². The van der Waals surface area contributed by atoms with E-state index in [9.17, 15) is 14.4 Å². The lowest BCUT2D eigenvalue weighted by Crippen LogP contribution is -2.47. The van der Waals surface area contributed by atoms with Crippen molar-refractivity contribution < 1.29 is 19.1 Å². The normalized spacial score (nSPS) is 15.9. The number of hydrogen-bond acceptors (Lipinski definition) is 5. The van der Waals surface area contributed by atoms with Crippen LogP contribution in [0.1, 0.15) is 33.3 Å². The zero-order valence-electron chi connectivity index (χ0n) is 13.9. The van der Waals surface area contributed by atoms with Crippen molar-refractivity contribution in [2.75, 3.05) is 13.7 Å². The van der Waals surface area contributed by atoms with Crippen LogP contribution in [0.5, 0.6) is 11.5 Å². The van der Waals surface area contributed by atoms with Crippen molar-refractivity contribution in [2.24, 2.45) is 0 Å². The monoisotopic (exact) mass is 342 g/mol. The molecule has 1 amide bonds. The van der Waals surface area contributed by atoms with Gasteiger partial charge in [-0.15, -0.1) is 0 Å². The number of pyridine rings is 1. The van der Waals surface area contributed by atoms with Gasteiger partial charge in [0, 0.05) is 17.3 Å². The molecule has 1 atom stereocenters. The molecule has 130 valence electrons. The van der Waals surface area contributed by atoms with Crippen molar-refractivity contribution >= 4 is 11.7 Å². The number of ketones is 1. The number of para-hydroxylation sites is 1. The highest BCUT2D eigenvalue weighted by molar-refractivity contribution is 6.07. The molecule has 1 aromatic heterocycles. The lowest BCUT2D eigenvalue weighted by molar-refractivity contribution is 0.0792. The second-order valence-corrected chi connectivity index (χ2v) is 5.65. The van der Waals surface area contributed by atoms with E-state index >= 15 is 0 Å². The molecule has 0 radical (unpaired) electrons. The van der Waals surface area contributed by atoms with E-state index in [0.717, 1.165) is 0 Å². The van der Waals surface area contributed by atoms with Gasteiger partial charge in [-0.1, -0.05) is 13.0 Å². The lowest BCUT2D eigenvalue weighted by Gasteiger charge is -2.26. The van der Waals surface area contributed by atoms with Gasteiger partial charge in [-0.2, -0.15) is 0 Å². The topological polar surface area (TPSA) is 97.5 Å². The first-order valence-electron chi connectivity index (χ1n) is 7.91. The average molecular weight is 342 g/mol. The summed E-state index contributed by atoms with van der Waals surface area (Å²) >= 11 is 0. The van der Waals surface area contributed by atoms with Crippen molar-refractivity contribution in [3.63, 3.8) is 0 Å². The van der Waals surface area contributed by atoms with Crippen molar-refractivity contribution in [1.82, 2.24) is 10.3 Å². The van der Waals surface area contributed by atoms with Gasteiger partial charge in [0.15, 0.2) is 17.3 Å². The maximum atomic E-state index is 12.6. The molecule has 7 nitrogen and oxygen atoms in total. The fraction of sp³-hybridized carbons (Fsp3) is 0.278. The van der Waals surface area contributed by atoms with Crippen LogP contribution in [0.2, 0.25) is 0 Å². The number of aromatic nitrogens is 1. The summed E-state index contributed by atoms with van der Waals surface area (Å²) in [4.78, 5) is 39.3. The number of Topliss-reactive ketones (excluding diaryl/α,β-unsaturated/α-hetero) is 1. The van der Waals surface area contributed by atoms with E-state index in [-0.39, 0.29) is 23.5 Å². The van der Waals surface area contributed by atoms with Gasteiger partial charge < -0.3 is 19.8 Å². The Morgan fingerprint density at radius 1 is 1.36 bits per heavy atom. The predicted octanol–water partition coefficient (Wildman–Crippen LogP) is 1.32. The zero-order chi connectivity index (χ0) is 18.0. The quantitative estimate of drug-likeness (QED) is 0.873. The van der Waals surface area contributed by atoms with Gasteiger partial charge in [0.05, 0.1) is 12.7 Å². The Kier molecular flexibility index (Phi) is 4.56. The van der Waals surface area contributed by atoms with Crippen LogP contribution in [0.4, 0.5) is 0 Å². The number of aryl methyl sites for hydroxylation is 1. The highest BCUT2D eigenvalue weighted by Gasteiger charge is 2.32. The molecule has 3 rings (SSSR count). The molecule has 1 unspecified atom stereocenters. The molecule has 1 aromatic carbocycles. The minimum absolute atomic E-state index is 0.00176. The Morgan fingerprint density at radius 2 is 2.16 bits per heavy atom. The van der Waals surface area contributed by atoms with Gasteiger partial charge in [-0.3, -0.25) is 14.4 Å². The molecule has 0 bridgehead atoms. The molecule has 0 fully saturated rings. The first kappa shape index (κ1) is 16.8. The summed E-state index contributed by atoms with van der Waals surface area (Å²) < 4.78 is 10.8. The van der Waals surface area contributed by atoms with Crippen LogP contribution in [0, 0.1) is 0 Å². The molecular formula is C18H18N2O5. The smallest absolute Gasteiger partial charge is 0.252 e. The molecule has 0 saturated heterocycles. The largest absolute Gasteiger partial charge is 0.493 e. The summed E-state index contributed by atoms with van der Waals surface area (Å²) in [6.45, 7) is 1.87. The first-order chi connectivity index (χ1) is 12.0. The molecule has 0 spiro atoms. The molecule has 2 heterocycles. The van der Waals surface area contributed by atoms with Crippen molar-refractivity contribution in [3.05, 3.63) is 57.5 Å². The van der Waals surface area contributed by atoms with Crippen LogP contribution >= 0.6 is 0 Å². The summed E-state index contributed by atoms with van der Waals surface area (Å²) in [5.41, 5.74) is 0.866. The fourth-order valence-electron chi connectivity index (χ4n) is 2.72. The van der Waals surface area contributed by atoms with Gasteiger partial charge in [0.25, 0.3) is 5.91 Å². The number of fused-ring (bicyclic) bond motifs is 1. The van der Waals surface area contributed by atoms with Gasteiger partial charge in [-0.25, -0.2) is 0 Å². The number of benzene rings is 1. The predicted molar refractivity (Wildman–Crippen MR) is 90.5 cm³/mol. The van der Waals surface area contributed by atoms with E-state index in [1.165, 1.54) is 13.2 Å². The first-order valence-corrected chi connectivity index (χ1v) is 7.91. The third kappa shape index (κ3) is 3.26. The number of carbonyl (C=O) groups excluding carboxylic acids is 2. The highest BCUT2D eigenvalue weighted by atomic mass is 16.5. The highest BCUT2D eigenvalue weighted by Crippen LogP contribution is 2.34. The number of rotatable bonds is 4. The Balaban J connectivity index is 1.82. The minimum Gasteiger partial charge on any atom is -0.493 e. The summed E-state index contributed by atoms with van der Waals surface area (Å²) in [6.07, 6.45) is 0.592. The Labute approximate surface area is 144 Å². The maximum Gasteiger partial charge on any atom is 0.252 e. The van der Waals surface area contributed by atoms with E-state index in [2.05, 4.69) is 10.3 Å². The molecule has 1 aliphatic rings. The van der Waals surface area contributed by atoms with E-state index in [0.29, 0.717) is 29.2 Å². The fourth-order valence-corrected chi connectivity index (χ4v) is 2.72. The number of nitrogens with one attached hydrogen (secondary N) is 2. The summed E-state index contributed by atoms with van der Waals surface area (Å²) in [5.74, 6) is 0.103. The van der Waals surface area contributed by atoms with Crippen LogP contribution in [-0.2, 0) is 6.42 Å². The number of ether oxygens (including phenoxy) is 2. The summed E-state index contributed by atoms with van der Waals surface area (Å²) in [6, 6.07) is 7.00. The summed E-state index contributed by atoms with van der Waals surface area (Å²) in [5, 5.41) is 2.63. The number of aromatic amines is 1. The van der Waals surface area contributed by atoms with E-state index in [4.69, 9.17) is 9.47 Å². The van der Waals surface area contributed by atoms with E-state index < -0.39 is 11.9 Å². The number of carbonyl (C=O) groups is 2. The minimum atomic E-state index is -0.823. The maximum absolute atomic E-state index is 12.6. The van der Waals surface area contributed by atoms with Crippen LogP contribution in [0.25, 0.3) is 0 Å². The van der Waals surface area contributed by atoms with Crippen molar-refractivity contribution in [2.45, 2.75) is 19.4 Å². The number of hydrogen-bond donors (Lipinski definition) is 2. The molecule has 2 aromatic rings. The lowest BCUT2D eigenvalue weighted by atomic mass is 10.00. The van der Waals surface area contributed by atoms with Crippen LogP contribution in [0.15, 0.2) is 35.1 Å². The SMILES string of the molecule is CCc1cc(C(=O)NC2COc3c(OC)cccc3C2=O)cc(=O)[nH]1. The van der Waals surface area contributed by atoms with Crippen LogP contribution < -0.4 is 20.3 Å². The van der Waals surface area contributed by atoms with Gasteiger partial charge >= 0.3 is 0 Å². The Morgan fingerprint density at radius 3 is 2.88 bits per heavy atom. The van der Waals surface area contributed by atoms with E-state index in [1.807, 2.05) is 6.92 Å². The van der Waals surface area contributed by atoms with Gasteiger partial charge in [0.2, 0.25) is 5.56 Å². The average Bonchev–Trinajstić information content (AvgIpc) is 2.62. The third-order valence-corrected chi connectivity index (χ3v) is 4.02. The molecule has 2 N–H and O–H groups in total. The van der Waals surface area contributed by atoms with Crippen LogP contribution in [0.3, 0.4) is 0 Å². The van der Waals surface area contributed by atoms with E-state index in [1.54, 1.807) is 24.3 Å². The molecule has 0 saturated carbocycles. The second kappa shape index (κ2) is 6.80. The van der Waals surface area contributed by atoms with Gasteiger partial charge in [-0.05, 0) is 24.6 Å². The number of H-pyrrole nitrogens is 1. The molecule has 0 aliphatic carbocycles. The molecule has 25 heavy (non-hydrogen) atoms. The molecule has 7 heteroatoms. The summed E-state index contributed by atoms with van der Waals surface area (Å²) in [7, 11) is 1.50. The third-order valence-electron chi connectivity index (χ3n) is 4.02. The molecule has 1 aliphatic heterocycles. The van der Waals surface area contributed by atoms with Crippen molar-refractivity contribution in [3.8, 4) is 11.5 Å². The van der Waals surface area contributed by atoms with Gasteiger partial charge in [0.1, 0.15) is 12.6 Å². The number of methoxy groups -OCH3 is 1. The number of amides is 1. The molecular weight excluding hydrogens is 324 g/mol. The Hall–Kier alpha value is -3.09.